The lowest BCUT2D eigenvalue weighted by Gasteiger charge is -2.27. The predicted molar refractivity (Wildman–Crippen MR) is 242 cm³/mol. The summed E-state index contributed by atoms with van der Waals surface area (Å²) >= 11 is 0. The molecule has 4 atom stereocenters. The monoisotopic (exact) mass is 790 g/mol. The Morgan fingerprint density at radius 1 is 0.446 bits per heavy atom. The molecule has 6 heteroatoms. The Morgan fingerprint density at radius 3 is 1.18 bits per heavy atom. The average molecular weight is 790 g/mol. The van der Waals surface area contributed by atoms with E-state index in [4.69, 9.17) is 0 Å². The first-order chi connectivity index (χ1) is 27.5. The van der Waals surface area contributed by atoms with E-state index in [1.54, 1.807) is 0 Å². The van der Waals surface area contributed by atoms with Gasteiger partial charge in [0.15, 0.2) is 0 Å². The number of aliphatic hydroxyl groups is 4. The molecule has 0 aromatic rings. The molecule has 0 aromatic carbocycles. The van der Waals surface area contributed by atoms with E-state index in [1.807, 2.05) is 0 Å². The van der Waals surface area contributed by atoms with E-state index >= 15 is 0 Å². The van der Waals surface area contributed by atoms with Crippen LogP contribution in [0.25, 0.3) is 0 Å². The van der Waals surface area contributed by atoms with Crippen molar-refractivity contribution in [1.82, 2.24) is 5.32 Å². The van der Waals surface area contributed by atoms with E-state index in [2.05, 4.69) is 55.6 Å². The molecule has 0 radical (unpaired) electrons. The number of rotatable bonds is 44. The average Bonchev–Trinajstić information content (AvgIpc) is 3.20. The van der Waals surface area contributed by atoms with Crippen LogP contribution in [0.3, 0.4) is 0 Å². The van der Waals surface area contributed by atoms with Crippen LogP contribution in [-0.4, -0.2) is 57.3 Å². The summed E-state index contributed by atoms with van der Waals surface area (Å²) < 4.78 is 0. The Hall–Kier alpha value is -1.47. The van der Waals surface area contributed by atoms with Crippen molar-refractivity contribution in [2.45, 2.75) is 269 Å². The van der Waals surface area contributed by atoms with Crippen molar-refractivity contribution >= 4 is 5.91 Å². The second-order valence-corrected chi connectivity index (χ2v) is 16.8. The van der Waals surface area contributed by atoms with Crippen LogP contribution in [-0.2, 0) is 4.79 Å². The summed E-state index contributed by atoms with van der Waals surface area (Å²) in [5.41, 5.74) is 0. The number of nitrogens with one attached hydrogen (secondary N) is 1. The molecule has 0 aliphatic carbocycles. The first kappa shape index (κ1) is 54.5. The number of allylic oxidation sites excluding steroid dienone is 6. The van der Waals surface area contributed by atoms with Gasteiger partial charge < -0.3 is 25.7 Å². The van der Waals surface area contributed by atoms with Gasteiger partial charge in [0, 0.05) is 0 Å². The summed E-state index contributed by atoms with van der Waals surface area (Å²) in [5.74, 6) is -0.595. The van der Waals surface area contributed by atoms with E-state index < -0.39 is 36.9 Å². The third-order valence-electron chi connectivity index (χ3n) is 11.3. The smallest absolute Gasteiger partial charge is 0.249 e. The third-order valence-corrected chi connectivity index (χ3v) is 11.3. The number of carbonyl (C=O) groups is 1. The molecule has 0 spiro atoms. The van der Waals surface area contributed by atoms with Crippen LogP contribution in [0.1, 0.15) is 245 Å². The van der Waals surface area contributed by atoms with Gasteiger partial charge >= 0.3 is 0 Å². The molecule has 0 fully saturated rings. The van der Waals surface area contributed by atoms with Crippen LogP contribution in [0.15, 0.2) is 36.5 Å². The molecular weight excluding hydrogens is 695 g/mol. The van der Waals surface area contributed by atoms with E-state index in [0.29, 0.717) is 12.8 Å². The molecule has 56 heavy (non-hydrogen) atoms. The molecule has 0 bridgehead atoms. The maximum absolute atomic E-state index is 12.5. The zero-order chi connectivity index (χ0) is 41.0. The Labute approximate surface area is 347 Å². The van der Waals surface area contributed by atoms with E-state index in [0.717, 1.165) is 44.9 Å². The van der Waals surface area contributed by atoms with E-state index in [1.165, 1.54) is 173 Å². The first-order valence-electron chi connectivity index (χ1n) is 24.4. The zero-order valence-electron chi connectivity index (χ0n) is 37.1. The molecule has 0 saturated heterocycles. The number of carbonyl (C=O) groups excluding carboxylic acids is 1. The molecule has 4 unspecified atom stereocenters. The van der Waals surface area contributed by atoms with Crippen molar-refractivity contribution < 1.29 is 25.2 Å². The summed E-state index contributed by atoms with van der Waals surface area (Å²) in [6.07, 6.45) is 53.5. The van der Waals surface area contributed by atoms with Gasteiger partial charge in [0.05, 0.1) is 18.8 Å². The van der Waals surface area contributed by atoms with Crippen molar-refractivity contribution in [2.75, 3.05) is 6.61 Å². The van der Waals surface area contributed by atoms with Crippen molar-refractivity contribution in [2.24, 2.45) is 0 Å². The van der Waals surface area contributed by atoms with Gasteiger partial charge in [-0.3, -0.25) is 4.79 Å². The summed E-state index contributed by atoms with van der Waals surface area (Å²) in [7, 11) is 0. The van der Waals surface area contributed by atoms with Gasteiger partial charge in [-0.2, -0.15) is 0 Å². The van der Waals surface area contributed by atoms with Crippen LogP contribution in [0.2, 0.25) is 0 Å². The van der Waals surface area contributed by atoms with Gasteiger partial charge in [-0.15, -0.1) is 0 Å². The van der Waals surface area contributed by atoms with Gasteiger partial charge in [0.2, 0.25) is 5.91 Å². The second kappa shape index (κ2) is 44.6. The fraction of sp³-hybridized carbons (Fsp3) is 0.860. The molecule has 330 valence electrons. The number of hydrogen-bond acceptors (Lipinski definition) is 5. The van der Waals surface area contributed by atoms with Gasteiger partial charge in [-0.25, -0.2) is 0 Å². The molecule has 0 aliphatic heterocycles. The first-order valence-corrected chi connectivity index (χ1v) is 24.4. The summed E-state index contributed by atoms with van der Waals surface area (Å²) in [6, 6.07) is -1.000. The fourth-order valence-electron chi connectivity index (χ4n) is 7.44. The largest absolute Gasteiger partial charge is 0.394 e. The molecule has 0 heterocycles. The highest BCUT2D eigenvalue weighted by Crippen LogP contribution is 2.16. The maximum atomic E-state index is 12.5. The van der Waals surface area contributed by atoms with Gasteiger partial charge in [-0.05, 0) is 70.6 Å². The van der Waals surface area contributed by atoms with Crippen molar-refractivity contribution in [3.63, 3.8) is 0 Å². The lowest BCUT2D eigenvalue weighted by molar-refractivity contribution is -0.132. The third kappa shape index (κ3) is 38.1. The lowest BCUT2D eigenvalue weighted by Crippen LogP contribution is -2.53. The highest BCUT2D eigenvalue weighted by atomic mass is 16.3. The van der Waals surface area contributed by atoms with Crippen molar-refractivity contribution in [3.05, 3.63) is 36.5 Å². The molecule has 1 amide bonds. The minimum absolute atomic E-state index is 0.362. The quantitative estimate of drug-likeness (QED) is 0.0312. The van der Waals surface area contributed by atoms with Crippen LogP contribution < -0.4 is 5.32 Å². The minimum atomic E-state index is -1.28. The SMILES string of the molecule is CCCCCCC/C=C/CCCC(O)C(O)C(CO)NC(=O)C(O)CCCCCCCCCCCCCCCC/C=C\C/C=C\CCCCCCCCCCC. The summed E-state index contributed by atoms with van der Waals surface area (Å²) in [6.45, 7) is 4.01. The standard InChI is InChI=1S/C50H95NO5/c1-3-5-7-9-11-13-15-16-17-18-19-20-21-22-23-24-25-26-27-28-29-30-31-32-33-34-36-38-40-42-44-48(54)50(56)51-46(45-52)49(55)47(53)43-41-39-37-35-14-12-10-8-6-4-2/h19-20,22-23,35,37,46-49,52-55H,3-18,21,24-34,36,38-45H2,1-2H3,(H,51,56)/b20-19-,23-22-,37-35+. The topological polar surface area (TPSA) is 110 Å². The highest BCUT2D eigenvalue weighted by Gasteiger charge is 2.28. The number of aliphatic hydroxyl groups excluding tert-OH is 4. The molecule has 6 nitrogen and oxygen atoms in total. The molecule has 0 aliphatic rings. The maximum Gasteiger partial charge on any atom is 0.249 e. The van der Waals surface area contributed by atoms with Crippen LogP contribution in [0.5, 0.6) is 0 Å². The minimum Gasteiger partial charge on any atom is -0.394 e. The second-order valence-electron chi connectivity index (χ2n) is 16.8. The number of unbranched alkanes of at least 4 members (excludes halogenated alkanes) is 29. The zero-order valence-corrected chi connectivity index (χ0v) is 37.1. The molecule has 0 saturated carbocycles. The lowest BCUT2D eigenvalue weighted by atomic mass is 10.00. The predicted octanol–water partition coefficient (Wildman–Crippen LogP) is 13.3. The normalized spacial score (nSPS) is 14.3. The van der Waals surface area contributed by atoms with E-state index in [-0.39, 0.29) is 0 Å². The van der Waals surface area contributed by atoms with Crippen molar-refractivity contribution in [3.8, 4) is 0 Å². The Bertz CT molecular complexity index is 889. The van der Waals surface area contributed by atoms with Gasteiger partial charge in [0.1, 0.15) is 12.2 Å². The number of amides is 1. The molecular formula is C50H95NO5. The summed E-state index contributed by atoms with van der Waals surface area (Å²) in [4.78, 5) is 12.5. The fourth-order valence-corrected chi connectivity index (χ4v) is 7.44. The Morgan fingerprint density at radius 2 is 0.786 bits per heavy atom. The van der Waals surface area contributed by atoms with Crippen LogP contribution >= 0.6 is 0 Å². The van der Waals surface area contributed by atoms with Crippen molar-refractivity contribution in [1.29, 1.82) is 0 Å². The molecule has 5 N–H and O–H groups in total. The number of hydrogen-bond donors (Lipinski definition) is 5. The van der Waals surface area contributed by atoms with Crippen LogP contribution in [0.4, 0.5) is 0 Å². The molecule has 0 aromatic heterocycles. The molecule has 0 rings (SSSR count). The Kier molecular flexibility index (Phi) is 43.5. The van der Waals surface area contributed by atoms with Gasteiger partial charge in [-0.1, -0.05) is 211 Å². The summed E-state index contributed by atoms with van der Waals surface area (Å²) in [5, 5.41) is 43.5. The van der Waals surface area contributed by atoms with Crippen LogP contribution in [0, 0.1) is 0 Å². The Balaban J connectivity index is 3.61. The van der Waals surface area contributed by atoms with Gasteiger partial charge in [0.25, 0.3) is 0 Å². The highest BCUT2D eigenvalue weighted by molar-refractivity contribution is 5.80. The van der Waals surface area contributed by atoms with E-state index in [9.17, 15) is 25.2 Å².